The number of nitrogens with one attached hydrogen (secondary N) is 2. The lowest BCUT2D eigenvalue weighted by Gasteiger charge is -2.15. The number of rotatable bonds is 3. The van der Waals surface area contributed by atoms with E-state index in [2.05, 4.69) is 56.5 Å². The van der Waals surface area contributed by atoms with Crippen molar-refractivity contribution < 1.29 is 0 Å². The minimum absolute atomic E-state index is 0.408. The van der Waals surface area contributed by atoms with Gasteiger partial charge < -0.3 is 10.6 Å². The van der Waals surface area contributed by atoms with Gasteiger partial charge in [-0.2, -0.15) is 0 Å². The molecule has 1 unspecified atom stereocenters. The molecule has 1 aromatic rings. The molecule has 0 spiro atoms. The first kappa shape index (κ1) is 13.0. The van der Waals surface area contributed by atoms with Crippen molar-refractivity contribution in [1.82, 2.24) is 5.32 Å². The smallest absolute Gasteiger partial charge is 0.170 e. The summed E-state index contributed by atoms with van der Waals surface area (Å²) in [6.45, 7) is 8.43. The maximum Gasteiger partial charge on any atom is 0.170 e. The number of hydrogen-bond acceptors (Lipinski definition) is 1. The van der Waals surface area contributed by atoms with Crippen molar-refractivity contribution in [2.75, 3.05) is 5.32 Å². The van der Waals surface area contributed by atoms with Crippen molar-refractivity contribution in [3.8, 4) is 0 Å². The van der Waals surface area contributed by atoms with Crippen LogP contribution in [0.3, 0.4) is 0 Å². The lowest BCUT2D eigenvalue weighted by molar-refractivity contribution is 0.646. The van der Waals surface area contributed by atoms with Gasteiger partial charge in [0.15, 0.2) is 5.11 Å². The number of hydrogen-bond donors (Lipinski definition) is 2. The van der Waals surface area contributed by atoms with Gasteiger partial charge in [-0.1, -0.05) is 13.0 Å². The Morgan fingerprint density at radius 1 is 1.25 bits per heavy atom. The lowest BCUT2D eigenvalue weighted by Crippen LogP contribution is -2.35. The van der Waals surface area contributed by atoms with Crippen LogP contribution in [0, 0.1) is 13.8 Å². The summed E-state index contributed by atoms with van der Waals surface area (Å²) in [7, 11) is 0. The maximum atomic E-state index is 5.24. The second-order valence-corrected chi connectivity index (χ2v) is 4.69. The van der Waals surface area contributed by atoms with Crippen molar-refractivity contribution in [1.29, 1.82) is 0 Å². The number of anilines is 1. The van der Waals surface area contributed by atoms with E-state index >= 15 is 0 Å². The molecule has 1 rings (SSSR count). The highest BCUT2D eigenvalue weighted by Crippen LogP contribution is 2.13. The predicted molar refractivity (Wildman–Crippen MR) is 75.0 cm³/mol. The first-order valence-electron chi connectivity index (χ1n) is 5.67. The number of thiocarbonyl (C=S) groups is 1. The molecule has 0 aliphatic rings. The van der Waals surface area contributed by atoms with E-state index in [1.807, 2.05) is 0 Å². The molecular weight excluding hydrogens is 216 g/mol. The van der Waals surface area contributed by atoms with Crippen molar-refractivity contribution in [3.05, 3.63) is 29.3 Å². The fraction of sp³-hybridized carbons (Fsp3) is 0.462. The van der Waals surface area contributed by atoms with Gasteiger partial charge in [-0.15, -0.1) is 0 Å². The monoisotopic (exact) mass is 236 g/mol. The van der Waals surface area contributed by atoms with Crippen LogP contribution in [0.15, 0.2) is 18.2 Å². The predicted octanol–water partition coefficient (Wildman–Crippen LogP) is 3.39. The molecule has 88 valence electrons. The van der Waals surface area contributed by atoms with Crippen molar-refractivity contribution >= 4 is 23.0 Å². The van der Waals surface area contributed by atoms with E-state index in [9.17, 15) is 0 Å². The Morgan fingerprint density at radius 3 is 2.31 bits per heavy atom. The van der Waals surface area contributed by atoms with Crippen LogP contribution >= 0.6 is 12.2 Å². The van der Waals surface area contributed by atoms with Crippen molar-refractivity contribution in [2.24, 2.45) is 0 Å². The highest BCUT2D eigenvalue weighted by atomic mass is 32.1. The van der Waals surface area contributed by atoms with E-state index in [1.54, 1.807) is 0 Å². The molecule has 2 nitrogen and oxygen atoms in total. The molecule has 0 fully saturated rings. The van der Waals surface area contributed by atoms with E-state index < -0.39 is 0 Å². The third-order valence-corrected chi connectivity index (χ3v) is 2.69. The fourth-order valence-electron chi connectivity index (χ4n) is 1.54. The lowest BCUT2D eigenvalue weighted by atomic mass is 10.1. The fourth-order valence-corrected chi connectivity index (χ4v) is 1.86. The van der Waals surface area contributed by atoms with Crippen LogP contribution in [0.2, 0.25) is 0 Å². The Bertz CT molecular complexity index is 354. The third-order valence-electron chi connectivity index (χ3n) is 2.47. The zero-order valence-corrected chi connectivity index (χ0v) is 11.2. The minimum Gasteiger partial charge on any atom is -0.360 e. The molecule has 0 heterocycles. The average molecular weight is 236 g/mol. The summed E-state index contributed by atoms with van der Waals surface area (Å²) in [6, 6.07) is 6.75. The highest BCUT2D eigenvalue weighted by molar-refractivity contribution is 7.80. The van der Waals surface area contributed by atoms with Crippen LogP contribution in [0.25, 0.3) is 0 Å². The summed E-state index contributed by atoms with van der Waals surface area (Å²) in [5.74, 6) is 0. The Morgan fingerprint density at radius 2 is 1.81 bits per heavy atom. The molecule has 0 saturated carbocycles. The number of benzene rings is 1. The van der Waals surface area contributed by atoms with Gasteiger partial charge in [-0.05, 0) is 62.7 Å². The minimum atomic E-state index is 0.408. The van der Waals surface area contributed by atoms with Gasteiger partial charge in [-0.25, -0.2) is 0 Å². The summed E-state index contributed by atoms with van der Waals surface area (Å²) in [6.07, 6.45) is 1.06. The van der Waals surface area contributed by atoms with E-state index in [0.717, 1.165) is 12.1 Å². The van der Waals surface area contributed by atoms with Crippen LogP contribution in [-0.4, -0.2) is 11.2 Å². The molecule has 1 atom stereocenters. The van der Waals surface area contributed by atoms with Gasteiger partial charge in [0.05, 0.1) is 0 Å². The summed E-state index contributed by atoms with van der Waals surface area (Å²) in [5, 5.41) is 7.14. The molecule has 1 aromatic carbocycles. The Kier molecular flexibility index (Phi) is 4.74. The molecule has 0 aromatic heterocycles. The van der Waals surface area contributed by atoms with E-state index in [0.29, 0.717) is 11.2 Å². The average Bonchev–Trinajstić information content (AvgIpc) is 2.15. The zero-order chi connectivity index (χ0) is 12.1. The summed E-state index contributed by atoms with van der Waals surface area (Å²) >= 11 is 5.24. The summed E-state index contributed by atoms with van der Waals surface area (Å²) < 4.78 is 0. The van der Waals surface area contributed by atoms with Crippen LogP contribution < -0.4 is 10.6 Å². The highest BCUT2D eigenvalue weighted by Gasteiger charge is 2.02. The molecule has 0 saturated heterocycles. The van der Waals surface area contributed by atoms with Crippen LogP contribution in [0.1, 0.15) is 31.4 Å². The summed E-state index contributed by atoms with van der Waals surface area (Å²) in [4.78, 5) is 0. The normalized spacial score (nSPS) is 12.0. The van der Waals surface area contributed by atoms with Gasteiger partial charge in [0.2, 0.25) is 0 Å². The molecule has 16 heavy (non-hydrogen) atoms. The second-order valence-electron chi connectivity index (χ2n) is 4.28. The molecule has 0 amide bonds. The van der Waals surface area contributed by atoms with Crippen molar-refractivity contribution in [3.63, 3.8) is 0 Å². The van der Waals surface area contributed by atoms with Crippen LogP contribution in [0.4, 0.5) is 5.69 Å². The summed E-state index contributed by atoms with van der Waals surface area (Å²) in [5.41, 5.74) is 3.54. The second kappa shape index (κ2) is 5.85. The topological polar surface area (TPSA) is 24.1 Å². The molecule has 0 bridgehead atoms. The van der Waals surface area contributed by atoms with Gasteiger partial charge in [0, 0.05) is 11.7 Å². The van der Waals surface area contributed by atoms with Gasteiger partial charge in [-0.3, -0.25) is 0 Å². The molecular formula is C13H20N2S. The van der Waals surface area contributed by atoms with Gasteiger partial charge in [0.25, 0.3) is 0 Å². The van der Waals surface area contributed by atoms with Crippen molar-refractivity contribution in [2.45, 2.75) is 40.2 Å². The Labute approximate surface area is 103 Å². The quantitative estimate of drug-likeness (QED) is 0.787. The first-order valence-corrected chi connectivity index (χ1v) is 6.08. The molecule has 0 radical (unpaired) electrons. The molecule has 3 heteroatoms. The van der Waals surface area contributed by atoms with E-state index in [-0.39, 0.29) is 0 Å². The molecule has 2 N–H and O–H groups in total. The SMILES string of the molecule is CCC(C)NC(=S)Nc1cc(C)cc(C)c1. The van der Waals surface area contributed by atoms with Gasteiger partial charge in [0.1, 0.15) is 0 Å². The molecule has 0 aliphatic heterocycles. The zero-order valence-electron chi connectivity index (χ0n) is 10.4. The van der Waals surface area contributed by atoms with E-state index in [4.69, 9.17) is 12.2 Å². The van der Waals surface area contributed by atoms with Gasteiger partial charge >= 0.3 is 0 Å². The van der Waals surface area contributed by atoms with Crippen LogP contribution in [-0.2, 0) is 0 Å². The molecule has 0 aliphatic carbocycles. The Hall–Kier alpha value is -1.09. The standard InChI is InChI=1S/C13H20N2S/c1-5-11(4)14-13(16)15-12-7-9(2)6-10(3)8-12/h6-8,11H,5H2,1-4H3,(H2,14,15,16). The first-order chi connectivity index (χ1) is 7.51. The van der Waals surface area contributed by atoms with Crippen LogP contribution in [0.5, 0.6) is 0 Å². The van der Waals surface area contributed by atoms with E-state index in [1.165, 1.54) is 11.1 Å². The number of aryl methyl sites for hydroxylation is 2. The Balaban J connectivity index is 2.62. The third kappa shape index (κ3) is 4.19. The maximum absolute atomic E-state index is 5.24. The largest absolute Gasteiger partial charge is 0.360 e.